The van der Waals surface area contributed by atoms with Crippen LogP contribution in [0.15, 0.2) is 16.3 Å². The SMILES string of the molecule is CCC(Nc1nonc1C)C(=C=O)C(=O)c1cc(F)c(F)c(F)c1F. The zero-order chi connectivity index (χ0) is 18.7. The van der Waals surface area contributed by atoms with Crippen molar-refractivity contribution in [1.82, 2.24) is 10.3 Å². The van der Waals surface area contributed by atoms with Crippen LogP contribution in [0, 0.1) is 30.2 Å². The average molecular weight is 357 g/mol. The first kappa shape index (κ1) is 18.3. The van der Waals surface area contributed by atoms with E-state index in [9.17, 15) is 27.2 Å². The maximum atomic E-state index is 13.8. The number of carbonyl (C=O) groups excluding carboxylic acids is 2. The molecule has 0 aliphatic heterocycles. The maximum absolute atomic E-state index is 13.8. The average Bonchev–Trinajstić information content (AvgIpc) is 3.00. The molecular formula is C15H11F4N3O3. The lowest BCUT2D eigenvalue weighted by atomic mass is 9.96. The van der Waals surface area contributed by atoms with Gasteiger partial charge in [0.15, 0.2) is 29.1 Å². The van der Waals surface area contributed by atoms with Crippen molar-refractivity contribution in [1.29, 1.82) is 0 Å². The molecule has 0 radical (unpaired) electrons. The van der Waals surface area contributed by atoms with Crippen LogP contribution < -0.4 is 5.32 Å². The van der Waals surface area contributed by atoms with E-state index in [0.717, 1.165) is 0 Å². The van der Waals surface area contributed by atoms with Gasteiger partial charge in [0.05, 0.1) is 11.6 Å². The Bertz CT molecular complexity index is 875. The van der Waals surface area contributed by atoms with Gasteiger partial charge in [-0.1, -0.05) is 12.1 Å². The van der Waals surface area contributed by atoms with Gasteiger partial charge in [0.1, 0.15) is 17.2 Å². The highest BCUT2D eigenvalue weighted by atomic mass is 19.2. The number of aromatic nitrogens is 2. The summed E-state index contributed by atoms with van der Waals surface area (Å²) in [4.78, 5) is 23.5. The third kappa shape index (κ3) is 3.43. The summed E-state index contributed by atoms with van der Waals surface area (Å²) in [5.74, 6) is -7.74. The highest BCUT2D eigenvalue weighted by Gasteiger charge is 2.29. The Kier molecular flexibility index (Phi) is 5.33. The lowest BCUT2D eigenvalue weighted by molar-refractivity contribution is 0.102. The molecule has 0 aliphatic carbocycles. The molecule has 2 rings (SSSR count). The van der Waals surface area contributed by atoms with Crippen LogP contribution >= 0.6 is 0 Å². The van der Waals surface area contributed by atoms with Crippen molar-refractivity contribution in [2.24, 2.45) is 0 Å². The number of halogens is 4. The molecule has 1 heterocycles. The van der Waals surface area contributed by atoms with Crippen LogP contribution in [0.4, 0.5) is 23.4 Å². The molecule has 25 heavy (non-hydrogen) atoms. The van der Waals surface area contributed by atoms with Gasteiger partial charge in [-0.15, -0.1) is 0 Å². The topological polar surface area (TPSA) is 85.1 Å². The van der Waals surface area contributed by atoms with E-state index in [0.29, 0.717) is 5.69 Å². The molecule has 0 aliphatic rings. The molecule has 0 fully saturated rings. The molecule has 2 aromatic rings. The summed E-state index contributed by atoms with van der Waals surface area (Å²) in [7, 11) is 0. The number of ketones is 1. The van der Waals surface area contributed by atoms with Gasteiger partial charge >= 0.3 is 0 Å². The van der Waals surface area contributed by atoms with E-state index in [1.54, 1.807) is 6.92 Å². The standard InChI is InChI=1S/C15H11F4N3O3/c1-3-10(20-15-6(2)21-25-22-15)8(5-23)14(24)7-4-9(16)12(18)13(19)11(7)17/h4,10H,3H2,1-2H3,(H,20,22). The van der Waals surface area contributed by atoms with E-state index in [-0.39, 0.29) is 18.3 Å². The molecule has 1 aromatic carbocycles. The van der Waals surface area contributed by atoms with Crippen molar-refractivity contribution >= 4 is 17.5 Å². The van der Waals surface area contributed by atoms with Crippen LogP contribution in [-0.4, -0.2) is 28.1 Å². The Labute approximate surface area is 138 Å². The largest absolute Gasteiger partial charge is 0.358 e. The lowest BCUT2D eigenvalue weighted by Crippen LogP contribution is -2.28. The fraction of sp³-hybridized carbons (Fsp3) is 0.267. The molecule has 0 amide bonds. The number of Topliss-reactive ketones (excluding diaryl/α,β-unsaturated/α-hetero) is 1. The van der Waals surface area contributed by atoms with Crippen molar-refractivity contribution in [2.75, 3.05) is 5.32 Å². The molecule has 6 nitrogen and oxygen atoms in total. The lowest BCUT2D eigenvalue weighted by Gasteiger charge is -2.17. The molecule has 1 unspecified atom stereocenters. The van der Waals surface area contributed by atoms with Crippen molar-refractivity contribution in [3.05, 3.63) is 46.2 Å². The van der Waals surface area contributed by atoms with E-state index in [1.165, 1.54) is 12.9 Å². The third-order valence-electron chi connectivity index (χ3n) is 3.42. The van der Waals surface area contributed by atoms with Crippen molar-refractivity contribution in [3.63, 3.8) is 0 Å². The first-order valence-electron chi connectivity index (χ1n) is 7.00. The minimum absolute atomic E-state index is 0.115. The van der Waals surface area contributed by atoms with Crippen LogP contribution in [0.2, 0.25) is 0 Å². The molecule has 10 heteroatoms. The molecular weight excluding hydrogens is 346 g/mol. The zero-order valence-corrected chi connectivity index (χ0v) is 13.0. The molecule has 0 bridgehead atoms. The summed E-state index contributed by atoms with van der Waals surface area (Å²) >= 11 is 0. The number of carbonyl (C=O) groups is 1. The number of benzene rings is 1. The van der Waals surface area contributed by atoms with Crippen LogP contribution in [0.5, 0.6) is 0 Å². The Balaban J connectivity index is 2.42. The van der Waals surface area contributed by atoms with Gasteiger partial charge < -0.3 is 5.32 Å². The molecule has 132 valence electrons. The van der Waals surface area contributed by atoms with Crippen LogP contribution in [0.25, 0.3) is 0 Å². The third-order valence-corrected chi connectivity index (χ3v) is 3.42. The quantitative estimate of drug-likeness (QED) is 0.214. The number of anilines is 1. The smallest absolute Gasteiger partial charge is 0.205 e. The van der Waals surface area contributed by atoms with Gasteiger partial charge in [-0.3, -0.25) is 4.79 Å². The maximum Gasteiger partial charge on any atom is 0.205 e. The minimum atomic E-state index is -2.15. The van der Waals surface area contributed by atoms with Gasteiger partial charge in [-0.2, -0.15) is 0 Å². The molecule has 0 spiro atoms. The van der Waals surface area contributed by atoms with E-state index >= 15 is 0 Å². The van der Waals surface area contributed by atoms with Crippen LogP contribution in [0.3, 0.4) is 0 Å². The van der Waals surface area contributed by atoms with Crippen LogP contribution in [0.1, 0.15) is 29.4 Å². The highest BCUT2D eigenvalue weighted by Crippen LogP contribution is 2.23. The summed E-state index contributed by atoms with van der Waals surface area (Å²) in [6.07, 6.45) is 0.135. The molecule has 1 aromatic heterocycles. The van der Waals surface area contributed by atoms with Crippen molar-refractivity contribution in [2.45, 2.75) is 26.3 Å². The summed E-state index contributed by atoms with van der Waals surface area (Å²) in [6, 6.07) is -0.838. The van der Waals surface area contributed by atoms with E-state index in [4.69, 9.17) is 0 Å². The van der Waals surface area contributed by atoms with E-state index in [1.807, 2.05) is 0 Å². The molecule has 1 N–H and O–H groups in total. The second-order valence-electron chi connectivity index (χ2n) is 5.00. The first-order valence-corrected chi connectivity index (χ1v) is 7.00. The Morgan fingerprint density at radius 1 is 1.24 bits per heavy atom. The molecule has 0 saturated heterocycles. The number of hydrogen-bond acceptors (Lipinski definition) is 6. The Morgan fingerprint density at radius 3 is 2.44 bits per heavy atom. The number of aryl methyl sites for hydroxylation is 1. The van der Waals surface area contributed by atoms with Gasteiger partial charge in [0, 0.05) is 0 Å². The van der Waals surface area contributed by atoms with Crippen molar-refractivity contribution < 1.29 is 31.8 Å². The van der Waals surface area contributed by atoms with E-state index < -0.39 is 46.2 Å². The molecule has 1 atom stereocenters. The highest BCUT2D eigenvalue weighted by molar-refractivity contribution is 6.14. The number of nitrogens with zero attached hydrogens (tertiary/aromatic N) is 2. The van der Waals surface area contributed by atoms with Gasteiger partial charge in [-0.05, 0) is 24.6 Å². The number of nitrogens with one attached hydrogen (secondary N) is 1. The molecule has 0 saturated carbocycles. The zero-order valence-electron chi connectivity index (χ0n) is 13.0. The van der Waals surface area contributed by atoms with Gasteiger partial charge in [-0.25, -0.2) is 27.0 Å². The van der Waals surface area contributed by atoms with Crippen molar-refractivity contribution in [3.8, 4) is 0 Å². The summed E-state index contributed by atoms with van der Waals surface area (Å²) in [5, 5.41) is 9.68. The fourth-order valence-corrected chi connectivity index (χ4v) is 2.06. The summed E-state index contributed by atoms with van der Waals surface area (Å²) < 4.78 is 57.9. The predicted octanol–water partition coefficient (Wildman–Crippen LogP) is 2.77. The van der Waals surface area contributed by atoms with Gasteiger partial charge in [0.25, 0.3) is 0 Å². The fourth-order valence-electron chi connectivity index (χ4n) is 2.06. The van der Waals surface area contributed by atoms with Crippen LogP contribution in [-0.2, 0) is 4.79 Å². The number of hydrogen-bond donors (Lipinski definition) is 1. The predicted molar refractivity (Wildman–Crippen MR) is 76.5 cm³/mol. The Morgan fingerprint density at radius 2 is 1.92 bits per heavy atom. The normalized spacial score (nSPS) is 11.8. The second kappa shape index (κ2) is 7.27. The first-order chi connectivity index (χ1) is 11.8. The van der Waals surface area contributed by atoms with E-state index in [2.05, 4.69) is 20.3 Å². The summed E-state index contributed by atoms with van der Waals surface area (Å²) in [6.45, 7) is 3.11. The van der Waals surface area contributed by atoms with Gasteiger partial charge in [0.2, 0.25) is 5.78 Å². The number of rotatable bonds is 6. The monoisotopic (exact) mass is 357 g/mol. The Hall–Kier alpha value is -3.00. The second-order valence-corrected chi connectivity index (χ2v) is 5.00. The summed E-state index contributed by atoms with van der Waals surface area (Å²) in [5.41, 5.74) is -1.44. The minimum Gasteiger partial charge on any atom is -0.358 e.